The number of fused-ring (bicyclic) bond motifs is 1. The zero-order valence-electron chi connectivity index (χ0n) is 8.37. The molecule has 2 aliphatic rings. The highest BCUT2D eigenvalue weighted by atomic mass is 15.2. The lowest BCUT2D eigenvalue weighted by Crippen LogP contribution is -2.46. The van der Waals surface area contributed by atoms with Crippen LogP contribution in [0, 0.1) is 17.2 Å². The quantitative estimate of drug-likeness (QED) is 0.615. The maximum atomic E-state index is 8.92. The molecule has 1 saturated carbocycles. The highest BCUT2D eigenvalue weighted by Crippen LogP contribution is 2.37. The number of nitrogens with zero attached hydrogens (tertiary/aromatic N) is 2. The lowest BCUT2D eigenvalue weighted by atomic mass is 9.91. The monoisotopic (exact) mass is 178 g/mol. The zero-order valence-corrected chi connectivity index (χ0v) is 8.37. The summed E-state index contributed by atoms with van der Waals surface area (Å²) in [6, 6.07) is 3.24. The van der Waals surface area contributed by atoms with Crippen molar-refractivity contribution >= 4 is 0 Å². The normalized spacial score (nSPS) is 36.6. The Hall–Kier alpha value is -0.550. The third kappa shape index (κ3) is 1.58. The van der Waals surface area contributed by atoms with Gasteiger partial charge >= 0.3 is 0 Å². The Morgan fingerprint density at radius 3 is 2.85 bits per heavy atom. The fourth-order valence-electron chi connectivity index (χ4n) is 3.05. The van der Waals surface area contributed by atoms with E-state index in [9.17, 15) is 0 Å². The van der Waals surface area contributed by atoms with Gasteiger partial charge in [-0.15, -0.1) is 0 Å². The number of rotatable bonds is 1. The van der Waals surface area contributed by atoms with Crippen molar-refractivity contribution in [1.29, 1.82) is 5.26 Å². The van der Waals surface area contributed by atoms with E-state index in [0.29, 0.717) is 0 Å². The SMILES string of the molecule is CC(C#N)N1CCCC2CCCC21. The van der Waals surface area contributed by atoms with Gasteiger partial charge in [-0.05, 0) is 45.1 Å². The molecular formula is C11H18N2. The molecule has 2 fully saturated rings. The van der Waals surface area contributed by atoms with E-state index < -0.39 is 0 Å². The molecule has 0 bridgehead atoms. The molecule has 0 aromatic heterocycles. The van der Waals surface area contributed by atoms with Crippen LogP contribution in [-0.2, 0) is 0 Å². The van der Waals surface area contributed by atoms with Crippen LogP contribution in [0.2, 0.25) is 0 Å². The van der Waals surface area contributed by atoms with E-state index in [-0.39, 0.29) is 6.04 Å². The molecule has 1 aliphatic carbocycles. The molecule has 0 N–H and O–H groups in total. The first-order chi connectivity index (χ1) is 6.33. The standard InChI is InChI=1S/C11H18N2/c1-9(8-12)13-7-3-5-10-4-2-6-11(10)13/h9-11H,2-7H2,1H3. The molecule has 0 aromatic rings. The fourth-order valence-corrected chi connectivity index (χ4v) is 3.05. The van der Waals surface area contributed by atoms with Crippen LogP contribution in [0.5, 0.6) is 0 Å². The maximum Gasteiger partial charge on any atom is 0.0951 e. The van der Waals surface area contributed by atoms with Gasteiger partial charge in [-0.1, -0.05) is 6.42 Å². The van der Waals surface area contributed by atoms with Gasteiger partial charge in [0.05, 0.1) is 12.1 Å². The molecule has 3 atom stereocenters. The van der Waals surface area contributed by atoms with Crippen LogP contribution in [0.4, 0.5) is 0 Å². The average molecular weight is 178 g/mol. The van der Waals surface area contributed by atoms with Crippen molar-refractivity contribution in [1.82, 2.24) is 4.90 Å². The first kappa shape index (κ1) is 9.02. The summed E-state index contributed by atoms with van der Waals surface area (Å²) in [5.74, 6) is 0.907. The lowest BCUT2D eigenvalue weighted by Gasteiger charge is -2.39. The van der Waals surface area contributed by atoms with Gasteiger partial charge in [0.15, 0.2) is 0 Å². The molecule has 2 heteroatoms. The summed E-state index contributed by atoms with van der Waals surface area (Å²) < 4.78 is 0. The van der Waals surface area contributed by atoms with Crippen molar-refractivity contribution in [3.8, 4) is 6.07 Å². The molecule has 0 spiro atoms. The molecule has 0 radical (unpaired) electrons. The van der Waals surface area contributed by atoms with Crippen LogP contribution < -0.4 is 0 Å². The van der Waals surface area contributed by atoms with E-state index in [1.54, 1.807) is 0 Å². The first-order valence-corrected chi connectivity index (χ1v) is 5.48. The Bertz CT molecular complexity index is 219. The minimum absolute atomic E-state index is 0.130. The highest BCUT2D eigenvalue weighted by molar-refractivity contribution is 4.97. The molecule has 3 unspecified atom stereocenters. The predicted molar refractivity (Wildman–Crippen MR) is 52.1 cm³/mol. The van der Waals surface area contributed by atoms with Crippen molar-refractivity contribution in [2.24, 2.45) is 5.92 Å². The fraction of sp³-hybridized carbons (Fsp3) is 0.909. The van der Waals surface area contributed by atoms with Gasteiger partial charge in [0.2, 0.25) is 0 Å². The van der Waals surface area contributed by atoms with Gasteiger partial charge in [0.1, 0.15) is 0 Å². The minimum atomic E-state index is 0.130. The van der Waals surface area contributed by atoms with Gasteiger partial charge < -0.3 is 0 Å². The average Bonchev–Trinajstić information content (AvgIpc) is 2.63. The van der Waals surface area contributed by atoms with E-state index in [0.717, 1.165) is 18.5 Å². The number of hydrogen-bond donors (Lipinski definition) is 0. The molecule has 1 saturated heterocycles. The third-order valence-corrected chi connectivity index (χ3v) is 3.72. The molecule has 2 nitrogen and oxygen atoms in total. The van der Waals surface area contributed by atoms with Crippen LogP contribution in [0.1, 0.15) is 39.0 Å². The summed E-state index contributed by atoms with van der Waals surface area (Å²) in [4.78, 5) is 2.43. The molecule has 0 aromatic carbocycles. The van der Waals surface area contributed by atoms with Crippen molar-refractivity contribution in [3.63, 3.8) is 0 Å². The number of nitriles is 1. The molecule has 13 heavy (non-hydrogen) atoms. The zero-order chi connectivity index (χ0) is 9.26. The Labute approximate surface area is 80.5 Å². The summed E-state index contributed by atoms with van der Waals surface area (Å²) in [6.07, 6.45) is 6.81. The van der Waals surface area contributed by atoms with E-state index in [4.69, 9.17) is 5.26 Å². The van der Waals surface area contributed by atoms with Crippen molar-refractivity contribution < 1.29 is 0 Å². The molecule has 1 heterocycles. The number of hydrogen-bond acceptors (Lipinski definition) is 2. The predicted octanol–water partition coefficient (Wildman–Crippen LogP) is 2.16. The van der Waals surface area contributed by atoms with E-state index in [2.05, 4.69) is 11.0 Å². The van der Waals surface area contributed by atoms with E-state index in [1.165, 1.54) is 32.1 Å². The number of piperidine rings is 1. The van der Waals surface area contributed by atoms with Gasteiger partial charge in [0.25, 0.3) is 0 Å². The lowest BCUT2D eigenvalue weighted by molar-refractivity contribution is 0.0956. The summed E-state index contributed by atoms with van der Waals surface area (Å²) in [6.45, 7) is 3.19. The molecule has 1 aliphatic heterocycles. The number of likely N-dealkylation sites (tertiary alicyclic amines) is 1. The smallest absolute Gasteiger partial charge is 0.0951 e. The highest BCUT2D eigenvalue weighted by Gasteiger charge is 2.36. The molecular weight excluding hydrogens is 160 g/mol. The summed E-state index contributed by atoms with van der Waals surface area (Å²) in [5, 5.41) is 8.92. The Morgan fingerprint density at radius 2 is 2.08 bits per heavy atom. The van der Waals surface area contributed by atoms with Crippen LogP contribution in [0.25, 0.3) is 0 Å². The summed E-state index contributed by atoms with van der Waals surface area (Å²) >= 11 is 0. The van der Waals surface area contributed by atoms with Crippen LogP contribution >= 0.6 is 0 Å². The summed E-state index contributed by atoms with van der Waals surface area (Å²) in [5.41, 5.74) is 0. The van der Waals surface area contributed by atoms with Gasteiger partial charge in [-0.2, -0.15) is 5.26 Å². The van der Waals surface area contributed by atoms with Crippen molar-refractivity contribution in [3.05, 3.63) is 0 Å². The third-order valence-electron chi connectivity index (χ3n) is 3.72. The molecule has 72 valence electrons. The second-order valence-corrected chi connectivity index (χ2v) is 4.44. The Kier molecular flexibility index (Phi) is 2.55. The van der Waals surface area contributed by atoms with Crippen LogP contribution in [0.15, 0.2) is 0 Å². The van der Waals surface area contributed by atoms with Gasteiger partial charge in [-0.3, -0.25) is 4.90 Å². The second kappa shape index (κ2) is 3.67. The van der Waals surface area contributed by atoms with Crippen molar-refractivity contribution in [2.45, 2.75) is 51.1 Å². The molecule has 2 rings (SSSR count). The second-order valence-electron chi connectivity index (χ2n) is 4.44. The minimum Gasteiger partial charge on any atom is -0.285 e. The van der Waals surface area contributed by atoms with E-state index >= 15 is 0 Å². The van der Waals surface area contributed by atoms with Crippen molar-refractivity contribution in [2.75, 3.05) is 6.54 Å². The van der Waals surface area contributed by atoms with Crippen LogP contribution in [0.3, 0.4) is 0 Å². The van der Waals surface area contributed by atoms with E-state index in [1.807, 2.05) is 6.92 Å². The van der Waals surface area contributed by atoms with Gasteiger partial charge in [-0.25, -0.2) is 0 Å². The topological polar surface area (TPSA) is 27.0 Å². The maximum absolute atomic E-state index is 8.92. The Balaban J connectivity index is 2.06. The first-order valence-electron chi connectivity index (χ1n) is 5.48. The summed E-state index contributed by atoms with van der Waals surface area (Å²) in [7, 11) is 0. The largest absolute Gasteiger partial charge is 0.285 e. The Morgan fingerprint density at radius 1 is 1.31 bits per heavy atom. The van der Waals surface area contributed by atoms with Crippen LogP contribution in [-0.4, -0.2) is 23.5 Å². The van der Waals surface area contributed by atoms with Gasteiger partial charge in [0, 0.05) is 6.04 Å². The molecule has 0 amide bonds.